The SMILES string of the molecule is O=C(COc1ccc2ccccc2c1)Nc1nc(N2CCCCC2)n[nH]1. The molecule has 0 bridgehead atoms. The quantitative estimate of drug-likeness (QED) is 0.738. The molecule has 0 spiro atoms. The van der Waals surface area contributed by atoms with Gasteiger partial charge in [0.05, 0.1) is 0 Å². The third-order valence-corrected chi connectivity index (χ3v) is 4.46. The molecule has 1 aromatic heterocycles. The number of nitrogens with one attached hydrogen (secondary N) is 2. The van der Waals surface area contributed by atoms with Crippen molar-refractivity contribution in [3.05, 3.63) is 42.5 Å². The first kappa shape index (κ1) is 16.4. The van der Waals surface area contributed by atoms with Gasteiger partial charge in [0.2, 0.25) is 11.9 Å². The summed E-state index contributed by atoms with van der Waals surface area (Å²) in [5.74, 6) is 1.36. The molecule has 0 radical (unpaired) electrons. The number of rotatable bonds is 5. The van der Waals surface area contributed by atoms with Gasteiger partial charge in [-0.1, -0.05) is 30.3 Å². The summed E-state index contributed by atoms with van der Waals surface area (Å²) in [4.78, 5) is 18.6. The van der Waals surface area contributed by atoms with Gasteiger partial charge in [-0.3, -0.25) is 10.1 Å². The van der Waals surface area contributed by atoms with Gasteiger partial charge < -0.3 is 9.64 Å². The number of aromatic nitrogens is 3. The molecule has 4 rings (SSSR count). The Balaban J connectivity index is 1.32. The van der Waals surface area contributed by atoms with Crippen molar-refractivity contribution in [2.45, 2.75) is 19.3 Å². The Hall–Kier alpha value is -3.09. The Morgan fingerprint density at radius 1 is 1.12 bits per heavy atom. The number of carbonyl (C=O) groups is 1. The van der Waals surface area contributed by atoms with Gasteiger partial charge in [0.15, 0.2) is 6.61 Å². The van der Waals surface area contributed by atoms with Crippen LogP contribution in [0.2, 0.25) is 0 Å². The maximum absolute atomic E-state index is 12.1. The smallest absolute Gasteiger partial charge is 0.264 e. The number of anilines is 2. The predicted molar refractivity (Wildman–Crippen MR) is 101 cm³/mol. The largest absolute Gasteiger partial charge is 0.484 e. The summed E-state index contributed by atoms with van der Waals surface area (Å²) in [6.45, 7) is 1.82. The summed E-state index contributed by atoms with van der Waals surface area (Å²) >= 11 is 0. The molecule has 2 heterocycles. The first-order valence-electron chi connectivity index (χ1n) is 8.87. The molecule has 0 atom stereocenters. The van der Waals surface area contributed by atoms with Crippen LogP contribution in [0.25, 0.3) is 10.8 Å². The summed E-state index contributed by atoms with van der Waals surface area (Å²) in [5.41, 5.74) is 0. The zero-order chi connectivity index (χ0) is 17.8. The molecule has 2 N–H and O–H groups in total. The van der Waals surface area contributed by atoms with E-state index in [-0.39, 0.29) is 12.5 Å². The molecule has 2 aromatic carbocycles. The predicted octanol–water partition coefficient (Wildman–Crippen LogP) is 2.97. The van der Waals surface area contributed by atoms with Crippen molar-refractivity contribution in [1.29, 1.82) is 0 Å². The van der Waals surface area contributed by atoms with Gasteiger partial charge in [0.1, 0.15) is 5.75 Å². The third kappa shape index (κ3) is 3.77. The molecule has 1 aliphatic rings. The minimum absolute atomic E-state index is 0.0852. The van der Waals surface area contributed by atoms with E-state index < -0.39 is 0 Å². The molecular weight excluding hydrogens is 330 g/mol. The van der Waals surface area contributed by atoms with Gasteiger partial charge in [-0.25, -0.2) is 5.10 Å². The summed E-state index contributed by atoms with van der Waals surface area (Å²) in [7, 11) is 0. The average molecular weight is 351 g/mol. The first-order chi connectivity index (χ1) is 12.8. The van der Waals surface area contributed by atoms with E-state index in [2.05, 4.69) is 25.4 Å². The Labute approximate surface area is 151 Å². The maximum Gasteiger partial charge on any atom is 0.264 e. The Morgan fingerprint density at radius 2 is 1.92 bits per heavy atom. The van der Waals surface area contributed by atoms with Gasteiger partial charge in [-0.2, -0.15) is 4.98 Å². The standard InChI is InChI=1S/C19H21N5O2/c25-17(13-26-16-9-8-14-6-2-3-7-15(14)12-16)20-18-21-19(23-22-18)24-10-4-1-5-11-24/h2-3,6-9,12H,1,4-5,10-11,13H2,(H2,20,21,22,23,25). The Morgan fingerprint density at radius 3 is 2.77 bits per heavy atom. The fourth-order valence-electron chi connectivity index (χ4n) is 3.12. The summed E-state index contributed by atoms with van der Waals surface area (Å²) in [5, 5.41) is 11.8. The van der Waals surface area contributed by atoms with Gasteiger partial charge in [0, 0.05) is 13.1 Å². The number of H-pyrrole nitrogens is 1. The lowest BCUT2D eigenvalue weighted by molar-refractivity contribution is -0.118. The zero-order valence-corrected chi connectivity index (χ0v) is 14.4. The molecule has 1 saturated heterocycles. The fraction of sp³-hybridized carbons (Fsp3) is 0.316. The van der Waals surface area contributed by atoms with Crippen molar-refractivity contribution in [1.82, 2.24) is 15.2 Å². The second kappa shape index (κ2) is 7.43. The van der Waals surface area contributed by atoms with Gasteiger partial charge in [0.25, 0.3) is 5.91 Å². The molecule has 0 unspecified atom stereocenters. The maximum atomic E-state index is 12.1. The molecule has 0 aliphatic carbocycles. The van der Waals surface area contributed by atoms with E-state index in [0.29, 0.717) is 17.6 Å². The number of hydrogen-bond acceptors (Lipinski definition) is 5. The molecule has 1 aliphatic heterocycles. The van der Waals surface area contributed by atoms with Crippen LogP contribution in [0.4, 0.5) is 11.9 Å². The second-order valence-electron chi connectivity index (χ2n) is 6.38. The third-order valence-electron chi connectivity index (χ3n) is 4.46. The molecule has 7 nitrogen and oxygen atoms in total. The monoisotopic (exact) mass is 351 g/mol. The first-order valence-corrected chi connectivity index (χ1v) is 8.87. The van der Waals surface area contributed by atoms with E-state index in [1.807, 2.05) is 42.5 Å². The normalized spacial score (nSPS) is 14.4. The van der Waals surface area contributed by atoms with E-state index in [0.717, 1.165) is 36.7 Å². The van der Waals surface area contributed by atoms with Crippen LogP contribution in [-0.4, -0.2) is 40.8 Å². The second-order valence-corrected chi connectivity index (χ2v) is 6.38. The van der Waals surface area contributed by atoms with Crippen molar-refractivity contribution >= 4 is 28.6 Å². The van der Waals surface area contributed by atoms with Crippen LogP contribution in [-0.2, 0) is 4.79 Å². The van der Waals surface area contributed by atoms with E-state index in [1.165, 1.54) is 6.42 Å². The van der Waals surface area contributed by atoms with E-state index in [1.54, 1.807) is 0 Å². The Kier molecular flexibility index (Phi) is 4.68. The summed E-state index contributed by atoms with van der Waals surface area (Å²) in [6.07, 6.45) is 3.54. The number of benzene rings is 2. The van der Waals surface area contributed by atoms with Crippen LogP contribution in [0.5, 0.6) is 5.75 Å². The fourth-order valence-corrected chi connectivity index (χ4v) is 3.12. The number of nitrogens with zero attached hydrogens (tertiary/aromatic N) is 3. The van der Waals surface area contributed by atoms with E-state index in [4.69, 9.17) is 4.74 Å². The van der Waals surface area contributed by atoms with Crippen LogP contribution in [0, 0.1) is 0 Å². The lowest BCUT2D eigenvalue weighted by atomic mass is 10.1. The highest BCUT2D eigenvalue weighted by Crippen LogP contribution is 2.20. The highest BCUT2D eigenvalue weighted by atomic mass is 16.5. The molecule has 1 amide bonds. The van der Waals surface area contributed by atoms with Crippen molar-refractivity contribution in [2.75, 3.05) is 29.9 Å². The molecular formula is C19H21N5O2. The molecule has 3 aromatic rings. The number of piperidine rings is 1. The van der Waals surface area contributed by atoms with Crippen molar-refractivity contribution in [3.8, 4) is 5.75 Å². The van der Waals surface area contributed by atoms with Crippen LogP contribution < -0.4 is 15.0 Å². The van der Waals surface area contributed by atoms with Gasteiger partial charge in [-0.05, 0) is 42.2 Å². The number of amides is 1. The van der Waals surface area contributed by atoms with Crippen LogP contribution in [0.15, 0.2) is 42.5 Å². The van der Waals surface area contributed by atoms with Crippen LogP contribution >= 0.6 is 0 Å². The molecule has 26 heavy (non-hydrogen) atoms. The minimum Gasteiger partial charge on any atom is -0.484 e. The van der Waals surface area contributed by atoms with Crippen LogP contribution in [0.1, 0.15) is 19.3 Å². The van der Waals surface area contributed by atoms with Gasteiger partial charge >= 0.3 is 0 Å². The Bertz CT molecular complexity index is 902. The van der Waals surface area contributed by atoms with Gasteiger partial charge in [-0.15, -0.1) is 5.10 Å². The lowest BCUT2D eigenvalue weighted by Crippen LogP contribution is -2.30. The van der Waals surface area contributed by atoms with Crippen molar-refractivity contribution < 1.29 is 9.53 Å². The zero-order valence-electron chi connectivity index (χ0n) is 14.4. The highest BCUT2D eigenvalue weighted by molar-refractivity contribution is 5.90. The van der Waals surface area contributed by atoms with E-state index >= 15 is 0 Å². The minimum atomic E-state index is -0.278. The van der Waals surface area contributed by atoms with E-state index in [9.17, 15) is 4.79 Å². The van der Waals surface area contributed by atoms with Crippen LogP contribution in [0.3, 0.4) is 0 Å². The number of ether oxygens (including phenoxy) is 1. The number of hydrogen-bond donors (Lipinski definition) is 2. The molecule has 1 fully saturated rings. The highest BCUT2D eigenvalue weighted by Gasteiger charge is 2.16. The number of aromatic amines is 1. The topological polar surface area (TPSA) is 83.1 Å². The lowest BCUT2D eigenvalue weighted by Gasteiger charge is -2.24. The summed E-state index contributed by atoms with van der Waals surface area (Å²) in [6, 6.07) is 13.8. The average Bonchev–Trinajstić information content (AvgIpc) is 3.15. The summed E-state index contributed by atoms with van der Waals surface area (Å²) < 4.78 is 5.59. The number of fused-ring (bicyclic) bond motifs is 1. The molecule has 0 saturated carbocycles. The number of carbonyl (C=O) groups excluding carboxylic acids is 1. The molecule has 134 valence electrons. The molecule has 7 heteroatoms. The van der Waals surface area contributed by atoms with Crippen molar-refractivity contribution in [2.24, 2.45) is 0 Å². The van der Waals surface area contributed by atoms with Crippen molar-refractivity contribution in [3.63, 3.8) is 0 Å².